The molecule has 2 rings (SSSR count). The molecule has 124 valence electrons. The van der Waals surface area contributed by atoms with Gasteiger partial charge in [-0.25, -0.2) is 8.42 Å². The summed E-state index contributed by atoms with van der Waals surface area (Å²) in [5.41, 5.74) is -1.25. The van der Waals surface area contributed by atoms with Gasteiger partial charge in [0.1, 0.15) is 9.75 Å². The summed E-state index contributed by atoms with van der Waals surface area (Å²) in [6.45, 7) is 3.70. The summed E-state index contributed by atoms with van der Waals surface area (Å²) in [5.74, 6) is 0. The van der Waals surface area contributed by atoms with Gasteiger partial charge in [-0.1, -0.05) is 6.92 Å². The molecule has 0 aromatic carbocycles. The average molecular weight is 417 g/mol. The molecule has 2 aromatic rings. The zero-order valence-electron chi connectivity index (χ0n) is 13.0. The lowest BCUT2D eigenvalue weighted by Gasteiger charge is -2.31. The molecule has 2 heterocycles. The van der Waals surface area contributed by atoms with Crippen molar-refractivity contribution in [1.82, 2.24) is 14.1 Å². The summed E-state index contributed by atoms with van der Waals surface area (Å²) in [7, 11) is -2.30. The van der Waals surface area contributed by atoms with Crippen LogP contribution in [0.1, 0.15) is 18.7 Å². The SMILES string of the molecule is CCc1ccc(S(=O)(=O)N(C)C(C)(C#N)Cn2cc(Br)cn2)s1. The van der Waals surface area contributed by atoms with Crippen LogP contribution < -0.4 is 0 Å². The largest absolute Gasteiger partial charge is 0.269 e. The first kappa shape index (κ1) is 18.1. The number of nitriles is 1. The molecule has 0 fully saturated rings. The van der Waals surface area contributed by atoms with E-state index in [1.165, 1.54) is 18.4 Å². The van der Waals surface area contributed by atoms with Gasteiger partial charge in [0.05, 0.1) is 23.3 Å². The summed E-state index contributed by atoms with van der Waals surface area (Å²) >= 11 is 4.53. The van der Waals surface area contributed by atoms with E-state index in [1.54, 1.807) is 36.1 Å². The van der Waals surface area contributed by atoms with E-state index in [9.17, 15) is 13.7 Å². The Morgan fingerprint density at radius 2 is 2.22 bits per heavy atom. The molecule has 0 saturated carbocycles. The molecule has 23 heavy (non-hydrogen) atoms. The summed E-state index contributed by atoms with van der Waals surface area (Å²) in [6.07, 6.45) is 4.08. The van der Waals surface area contributed by atoms with E-state index in [-0.39, 0.29) is 10.8 Å². The highest BCUT2D eigenvalue weighted by molar-refractivity contribution is 9.10. The Kier molecular flexibility index (Phi) is 5.30. The number of aryl methyl sites for hydroxylation is 1. The third-order valence-corrected chi connectivity index (χ3v) is 7.69. The van der Waals surface area contributed by atoms with E-state index in [0.717, 1.165) is 20.1 Å². The molecule has 1 unspecified atom stereocenters. The number of rotatable bonds is 6. The molecular weight excluding hydrogens is 400 g/mol. The Hall–Kier alpha value is -1.21. The Bertz CT molecular complexity index is 837. The van der Waals surface area contributed by atoms with Crippen molar-refractivity contribution in [3.05, 3.63) is 33.9 Å². The Balaban J connectivity index is 2.34. The van der Waals surface area contributed by atoms with Crippen LogP contribution in [0.15, 0.2) is 33.2 Å². The molecule has 0 spiro atoms. The van der Waals surface area contributed by atoms with Crippen molar-refractivity contribution >= 4 is 37.3 Å². The predicted octanol–water partition coefficient (Wildman–Crippen LogP) is 2.87. The Morgan fingerprint density at radius 1 is 1.52 bits per heavy atom. The molecule has 2 aromatic heterocycles. The maximum absolute atomic E-state index is 12.8. The summed E-state index contributed by atoms with van der Waals surface area (Å²) in [4.78, 5) is 0.992. The number of thiophene rings is 1. The van der Waals surface area contributed by atoms with E-state index < -0.39 is 15.6 Å². The first-order chi connectivity index (χ1) is 10.7. The molecule has 6 nitrogen and oxygen atoms in total. The molecule has 1 atom stereocenters. The normalized spacial score (nSPS) is 14.6. The zero-order valence-corrected chi connectivity index (χ0v) is 16.2. The number of likely N-dealkylation sites (N-methyl/N-ethyl adjacent to an activating group) is 1. The maximum Gasteiger partial charge on any atom is 0.253 e. The number of nitrogens with zero attached hydrogens (tertiary/aromatic N) is 4. The third-order valence-electron chi connectivity index (χ3n) is 3.61. The van der Waals surface area contributed by atoms with E-state index in [2.05, 4.69) is 27.1 Å². The lowest BCUT2D eigenvalue weighted by Crippen LogP contribution is -2.49. The second-order valence-corrected chi connectivity index (χ2v) is 9.57. The lowest BCUT2D eigenvalue weighted by molar-refractivity contribution is 0.267. The summed E-state index contributed by atoms with van der Waals surface area (Å²) in [6, 6.07) is 5.51. The second kappa shape index (κ2) is 6.73. The number of aromatic nitrogens is 2. The molecule has 0 radical (unpaired) electrons. The number of hydrogen-bond donors (Lipinski definition) is 0. The fourth-order valence-electron chi connectivity index (χ4n) is 2.03. The van der Waals surface area contributed by atoms with Gasteiger partial charge in [-0.05, 0) is 41.4 Å². The predicted molar refractivity (Wildman–Crippen MR) is 92.6 cm³/mol. The standard InChI is InChI=1S/C14H17BrN4O2S2/c1-4-12-5-6-13(22-12)23(20,21)18(3)14(2,9-16)10-19-8-11(15)7-17-19/h5-8H,4,10H2,1-3H3. The first-order valence-electron chi connectivity index (χ1n) is 6.90. The van der Waals surface area contributed by atoms with Gasteiger partial charge >= 0.3 is 0 Å². The van der Waals surface area contributed by atoms with Crippen LogP contribution in [0, 0.1) is 11.3 Å². The Labute approximate surface area is 148 Å². The molecule has 0 aliphatic carbocycles. The molecule has 0 saturated heterocycles. The summed E-state index contributed by atoms with van der Waals surface area (Å²) < 4.78 is 29.3. The molecule has 0 amide bonds. The highest BCUT2D eigenvalue weighted by Gasteiger charge is 2.39. The summed E-state index contributed by atoms with van der Waals surface area (Å²) in [5, 5.41) is 13.7. The first-order valence-corrected chi connectivity index (χ1v) is 9.95. The number of sulfonamides is 1. The van der Waals surface area contributed by atoms with Crippen LogP contribution in [0.2, 0.25) is 0 Å². The minimum Gasteiger partial charge on any atom is -0.269 e. The van der Waals surface area contributed by atoms with Crippen molar-refractivity contribution in [2.45, 2.75) is 36.6 Å². The van der Waals surface area contributed by atoms with Gasteiger partial charge in [0.15, 0.2) is 0 Å². The van der Waals surface area contributed by atoms with E-state index >= 15 is 0 Å². The van der Waals surface area contributed by atoms with Crippen LogP contribution in [0.25, 0.3) is 0 Å². The van der Waals surface area contributed by atoms with Crippen LogP contribution in [0.5, 0.6) is 0 Å². The molecule has 9 heteroatoms. The fourth-order valence-corrected chi connectivity index (χ4v) is 5.25. The Morgan fingerprint density at radius 3 is 2.70 bits per heavy atom. The van der Waals surface area contributed by atoms with Crippen LogP contribution >= 0.6 is 27.3 Å². The van der Waals surface area contributed by atoms with Gasteiger partial charge in [0, 0.05) is 18.1 Å². The third kappa shape index (κ3) is 3.66. The topological polar surface area (TPSA) is 79.0 Å². The molecule has 0 bridgehead atoms. The number of halogens is 1. The zero-order chi connectivity index (χ0) is 17.3. The van der Waals surface area contributed by atoms with Crippen molar-refractivity contribution in [2.75, 3.05) is 7.05 Å². The van der Waals surface area contributed by atoms with Crippen molar-refractivity contribution in [3.63, 3.8) is 0 Å². The van der Waals surface area contributed by atoms with Gasteiger partial charge < -0.3 is 0 Å². The van der Waals surface area contributed by atoms with Gasteiger partial charge in [-0.2, -0.15) is 14.7 Å². The van der Waals surface area contributed by atoms with Crippen molar-refractivity contribution in [2.24, 2.45) is 0 Å². The van der Waals surface area contributed by atoms with Crippen LogP contribution in [-0.2, 0) is 23.0 Å². The van der Waals surface area contributed by atoms with Crippen molar-refractivity contribution in [3.8, 4) is 6.07 Å². The monoisotopic (exact) mass is 416 g/mol. The van der Waals surface area contributed by atoms with Crippen molar-refractivity contribution < 1.29 is 8.42 Å². The molecule has 0 aliphatic rings. The smallest absolute Gasteiger partial charge is 0.253 e. The van der Waals surface area contributed by atoms with Crippen LogP contribution in [0.3, 0.4) is 0 Å². The van der Waals surface area contributed by atoms with Crippen LogP contribution in [-0.4, -0.2) is 35.1 Å². The fraction of sp³-hybridized carbons (Fsp3) is 0.429. The van der Waals surface area contributed by atoms with Gasteiger partial charge in [0.2, 0.25) is 0 Å². The highest BCUT2D eigenvalue weighted by atomic mass is 79.9. The van der Waals surface area contributed by atoms with E-state index in [0.29, 0.717) is 0 Å². The van der Waals surface area contributed by atoms with Crippen molar-refractivity contribution in [1.29, 1.82) is 5.26 Å². The van der Waals surface area contributed by atoms with Gasteiger partial charge in [0.25, 0.3) is 10.0 Å². The van der Waals surface area contributed by atoms with Gasteiger partial charge in [-0.3, -0.25) is 4.68 Å². The maximum atomic E-state index is 12.8. The lowest BCUT2D eigenvalue weighted by atomic mass is 10.1. The average Bonchev–Trinajstić information content (AvgIpc) is 3.15. The molecular formula is C14H17BrN4O2S2. The van der Waals surface area contributed by atoms with Crippen LogP contribution in [0.4, 0.5) is 0 Å². The quantitative estimate of drug-likeness (QED) is 0.724. The molecule has 0 aliphatic heterocycles. The molecule has 0 N–H and O–H groups in total. The minimum atomic E-state index is -3.73. The van der Waals surface area contributed by atoms with E-state index in [1.807, 2.05) is 6.92 Å². The second-order valence-electron chi connectivity index (χ2n) is 5.29. The number of hydrogen-bond acceptors (Lipinski definition) is 5. The van der Waals surface area contributed by atoms with Gasteiger partial charge in [-0.15, -0.1) is 11.3 Å². The highest BCUT2D eigenvalue weighted by Crippen LogP contribution is 2.29. The van der Waals surface area contributed by atoms with E-state index in [4.69, 9.17) is 0 Å². The minimum absolute atomic E-state index is 0.136.